The van der Waals surface area contributed by atoms with E-state index >= 15 is 0 Å². The second-order valence-corrected chi connectivity index (χ2v) is 7.00. The van der Waals surface area contributed by atoms with Gasteiger partial charge in [-0.25, -0.2) is 4.98 Å². The van der Waals surface area contributed by atoms with Gasteiger partial charge in [0.2, 0.25) is 5.82 Å². The quantitative estimate of drug-likeness (QED) is 0.569. The molecule has 0 aliphatic carbocycles. The summed E-state index contributed by atoms with van der Waals surface area (Å²) in [6.45, 7) is 1.54. The first-order chi connectivity index (χ1) is 14.3. The molecule has 2 N–H and O–H groups in total. The molecule has 8 nitrogen and oxygen atoms in total. The van der Waals surface area contributed by atoms with E-state index in [4.69, 9.17) is 15.0 Å². The maximum Gasteiger partial charge on any atom is 0.262 e. The Morgan fingerprint density at radius 1 is 1.00 bits per heavy atom. The molecule has 1 saturated heterocycles. The first-order valence-corrected chi connectivity index (χ1v) is 9.55. The van der Waals surface area contributed by atoms with E-state index in [9.17, 15) is 0 Å². The Kier molecular flexibility index (Phi) is 4.53. The summed E-state index contributed by atoms with van der Waals surface area (Å²) in [7, 11) is 0. The molecule has 4 heterocycles. The number of ether oxygens (including phenoxy) is 1. The van der Waals surface area contributed by atoms with E-state index < -0.39 is 0 Å². The van der Waals surface area contributed by atoms with E-state index in [0.717, 1.165) is 42.7 Å². The van der Waals surface area contributed by atoms with E-state index in [1.807, 2.05) is 53.5 Å². The van der Waals surface area contributed by atoms with Crippen molar-refractivity contribution in [2.75, 3.05) is 18.9 Å². The van der Waals surface area contributed by atoms with Gasteiger partial charge in [-0.3, -0.25) is 4.68 Å². The Morgan fingerprint density at radius 2 is 1.83 bits per heavy atom. The number of aromatic nitrogens is 5. The predicted molar refractivity (Wildman–Crippen MR) is 108 cm³/mol. The Morgan fingerprint density at radius 3 is 2.66 bits per heavy atom. The van der Waals surface area contributed by atoms with Crippen LogP contribution in [-0.4, -0.2) is 38.1 Å². The van der Waals surface area contributed by atoms with Crippen molar-refractivity contribution in [3.8, 4) is 34.0 Å². The number of benzene rings is 1. The SMILES string of the molecule is Nc1ncc(-c2cnn(C3CCOCC3)c2)cc1-c1nc(-c2ccccc2)no1. The Labute approximate surface area is 167 Å². The molecule has 8 heteroatoms. The van der Waals surface area contributed by atoms with Gasteiger partial charge in [0, 0.05) is 42.3 Å². The van der Waals surface area contributed by atoms with Crippen LogP contribution in [-0.2, 0) is 4.74 Å². The minimum Gasteiger partial charge on any atom is -0.383 e. The molecule has 0 unspecified atom stereocenters. The highest BCUT2D eigenvalue weighted by molar-refractivity contribution is 5.75. The fourth-order valence-corrected chi connectivity index (χ4v) is 3.48. The smallest absolute Gasteiger partial charge is 0.262 e. The van der Waals surface area contributed by atoms with Crippen molar-refractivity contribution in [1.82, 2.24) is 24.9 Å². The van der Waals surface area contributed by atoms with Crippen molar-refractivity contribution in [1.29, 1.82) is 0 Å². The molecule has 0 atom stereocenters. The van der Waals surface area contributed by atoms with Crippen molar-refractivity contribution in [3.05, 3.63) is 55.0 Å². The fourth-order valence-electron chi connectivity index (χ4n) is 3.48. The highest BCUT2D eigenvalue weighted by Crippen LogP contribution is 2.31. The second-order valence-electron chi connectivity index (χ2n) is 7.00. The lowest BCUT2D eigenvalue weighted by molar-refractivity contribution is 0.0662. The van der Waals surface area contributed by atoms with Crippen LogP contribution in [0.2, 0.25) is 0 Å². The second kappa shape index (κ2) is 7.48. The van der Waals surface area contributed by atoms with Gasteiger partial charge in [-0.1, -0.05) is 35.5 Å². The third-order valence-corrected chi connectivity index (χ3v) is 5.11. The van der Waals surface area contributed by atoms with Crippen LogP contribution in [0.3, 0.4) is 0 Å². The van der Waals surface area contributed by atoms with Crippen LogP contribution in [0.25, 0.3) is 34.0 Å². The largest absolute Gasteiger partial charge is 0.383 e. The molecule has 0 bridgehead atoms. The molecule has 29 heavy (non-hydrogen) atoms. The lowest BCUT2D eigenvalue weighted by Crippen LogP contribution is -2.19. The van der Waals surface area contributed by atoms with E-state index in [-0.39, 0.29) is 0 Å². The molecular formula is C21H20N6O2. The van der Waals surface area contributed by atoms with Crippen LogP contribution in [0.15, 0.2) is 59.5 Å². The highest BCUT2D eigenvalue weighted by Gasteiger charge is 2.18. The third-order valence-electron chi connectivity index (χ3n) is 5.11. The summed E-state index contributed by atoms with van der Waals surface area (Å²) in [4.78, 5) is 8.82. The lowest BCUT2D eigenvalue weighted by atomic mass is 10.1. The van der Waals surface area contributed by atoms with Crippen molar-refractivity contribution in [2.45, 2.75) is 18.9 Å². The number of nitrogens with zero attached hydrogens (tertiary/aromatic N) is 5. The zero-order valence-corrected chi connectivity index (χ0v) is 15.7. The molecule has 0 radical (unpaired) electrons. The normalized spacial score (nSPS) is 14.9. The monoisotopic (exact) mass is 388 g/mol. The van der Waals surface area contributed by atoms with Gasteiger partial charge in [-0.2, -0.15) is 10.1 Å². The van der Waals surface area contributed by atoms with Gasteiger partial charge in [0.15, 0.2) is 0 Å². The molecule has 1 aliphatic rings. The van der Waals surface area contributed by atoms with Gasteiger partial charge < -0.3 is 15.0 Å². The summed E-state index contributed by atoms with van der Waals surface area (Å²) in [6.07, 6.45) is 7.55. The highest BCUT2D eigenvalue weighted by atomic mass is 16.5. The van der Waals surface area contributed by atoms with Crippen LogP contribution in [0.4, 0.5) is 5.82 Å². The summed E-state index contributed by atoms with van der Waals surface area (Å²) in [5, 5.41) is 8.61. The summed E-state index contributed by atoms with van der Waals surface area (Å²) < 4.78 is 12.9. The van der Waals surface area contributed by atoms with Crippen molar-refractivity contribution >= 4 is 5.82 Å². The maximum absolute atomic E-state index is 6.10. The van der Waals surface area contributed by atoms with E-state index in [0.29, 0.717) is 29.1 Å². The molecule has 4 aromatic rings. The number of pyridine rings is 1. The van der Waals surface area contributed by atoms with Crippen molar-refractivity contribution in [3.63, 3.8) is 0 Å². The standard InChI is InChI=1S/C21H20N6O2/c22-19-18(21-25-20(26-29-21)14-4-2-1-3-5-14)10-15(11-23-19)16-12-24-27(13-16)17-6-8-28-9-7-17/h1-5,10-13,17H,6-9H2,(H2,22,23). The topological polar surface area (TPSA) is 105 Å². The van der Waals surface area contributed by atoms with Crippen LogP contribution >= 0.6 is 0 Å². The number of hydrogen-bond donors (Lipinski definition) is 1. The molecular weight excluding hydrogens is 368 g/mol. The van der Waals surface area contributed by atoms with Crippen molar-refractivity contribution in [2.24, 2.45) is 0 Å². The van der Waals surface area contributed by atoms with Crippen LogP contribution < -0.4 is 5.73 Å². The molecule has 1 aliphatic heterocycles. The average Bonchev–Trinajstić information content (AvgIpc) is 3.46. The zero-order chi connectivity index (χ0) is 19.6. The number of nitrogen functional groups attached to an aromatic ring is 1. The summed E-state index contributed by atoms with van der Waals surface area (Å²) in [5.74, 6) is 1.19. The number of hydrogen-bond acceptors (Lipinski definition) is 7. The molecule has 1 aromatic carbocycles. The Bertz CT molecular complexity index is 1120. The van der Waals surface area contributed by atoms with Gasteiger partial charge in [-0.05, 0) is 18.9 Å². The number of nitrogens with two attached hydrogens (primary N) is 1. The van der Waals surface area contributed by atoms with Gasteiger partial charge in [0.1, 0.15) is 5.82 Å². The zero-order valence-electron chi connectivity index (χ0n) is 15.7. The molecule has 1 fully saturated rings. The fraction of sp³-hybridized carbons (Fsp3) is 0.238. The molecule has 0 amide bonds. The Balaban J connectivity index is 1.45. The maximum atomic E-state index is 6.10. The summed E-state index contributed by atoms with van der Waals surface area (Å²) in [6, 6.07) is 11.9. The van der Waals surface area contributed by atoms with Crippen LogP contribution in [0.1, 0.15) is 18.9 Å². The van der Waals surface area contributed by atoms with Gasteiger partial charge in [-0.15, -0.1) is 0 Å². The van der Waals surface area contributed by atoms with E-state index in [2.05, 4.69) is 20.2 Å². The van der Waals surface area contributed by atoms with Crippen LogP contribution in [0, 0.1) is 0 Å². The molecule has 3 aromatic heterocycles. The number of anilines is 1. The summed E-state index contributed by atoms with van der Waals surface area (Å²) in [5.41, 5.74) is 9.44. The van der Waals surface area contributed by atoms with Gasteiger partial charge in [0.05, 0.1) is 17.8 Å². The lowest BCUT2D eigenvalue weighted by Gasteiger charge is -2.22. The molecule has 0 saturated carbocycles. The minimum absolute atomic E-state index is 0.340. The third kappa shape index (κ3) is 3.50. The predicted octanol–water partition coefficient (Wildman–Crippen LogP) is 3.60. The van der Waals surface area contributed by atoms with Crippen LogP contribution in [0.5, 0.6) is 0 Å². The van der Waals surface area contributed by atoms with E-state index in [1.165, 1.54) is 0 Å². The number of rotatable bonds is 4. The van der Waals surface area contributed by atoms with Crippen molar-refractivity contribution < 1.29 is 9.26 Å². The minimum atomic E-state index is 0.340. The molecule has 0 spiro atoms. The van der Waals surface area contributed by atoms with Gasteiger partial charge in [0.25, 0.3) is 5.89 Å². The Hall–Kier alpha value is -3.52. The van der Waals surface area contributed by atoms with Gasteiger partial charge >= 0.3 is 0 Å². The first-order valence-electron chi connectivity index (χ1n) is 9.55. The van der Waals surface area contributed by atoms with E-state index in [1.54, 1.807) is 6.20 Å². The first kappa shape index (κ1) is 17.6. The molecule has 5 rings (SSSR count). The summed E-state index contributed by atoms with van der Waals surface area (Å²) >= 11 is 0. The molecule has 146 valence electrons. The average molecular weight is 388 g/mol.